The first-order valence-electron chi connectivity index (χ1n) is 4.02. The average Bonchev–Trinajstić information content (AvgIpc) is 2.16. The number of hydrogen-bond donors (Lipinski definition) is 0. The Hall–Kier alpha value is -2.02. The molecule has 0 fully saturated rings. The molecule has 0 amide bonds. The van der Waals surface area contributed by atoms with Crippen molar-refractivity contribution in [2.45, 2.75) is 13.0 Å². The summed E-state index contributed by atoms with van der Waals surface area (Å²) in [5.74, 6) is 0. The van der Waals surface area contributed by atoms with E-state index in [2.05, 4.69) is 0 Å². The van der Waals surface area contributed by atoms with Gasteiger partial charge in [0.2, 0.25) is 0 Å². The molecule has 1 unspecified atom stereocenters. The predicted molar refractivity (Wildman–Crippen MR) is 48.9 cm³/mol. The molecule has 1 radical (unpaired) electrons. The molecule has 7 heteroatoms. The first kappa shape index (κ1) is 11.1. The Morgan fingerprint density at radius 1 is 1.13 bits per heavy atom. The molecule has 0 aliphatic carbocycles. The number of nitro benzene ring substituents is 2. The highest BCUT2D eigenvalue weighted by Crippen LogP contribution is 2.29. The van der Waals surface area contributed by atoms with Gasteiger partial charge in [0.15, 0.2) is 0 Å². The van der Waals surface area contributed by atoms with Crippen molar-refractivity contribution in [3.05, 3.63) is 44.0 Å². The Kier molecular flexibility index (Phi) is 2.96. The molecule has 15 heavy (non-hydrogen) atoms. The molecule has 1 aromatic carbocycles. The van der Waals surface area contributed by atoms with Crippen LogP contribution >= 0.6 is 0 Å². The van der Waals surface area contributed by atoms with Gasteiger partial charge >= 0.3 is 11.4 Å². The summed E-state index contributed by atoms with van der Waals surface area (Å²) in [6, 6.07) is 3.14. The lowest BCUT2D eigenvalue weighted by Crippen LogP contribution is -1.99. The molecule has 1 atom stereocenters. The lowest BCUT2D eigenvalue weighted by atomic mass is 10.1. The minimum Gasteiger partial charge on any atom is -0.258 e. The molecule has 0 bridgehead atoms. The fraction of sp³-hybridized carbons (Fsp3) is 0.250. The van der Waals surface area contributed by atoms with Gasteiger partial charge in [0.25, 0.3) is 0 Å². The Morgan fingerprint density at radius 3 is 2.07 bits per heavy atom. The zero-order chi connectivity index (χ0) is 11.6. The Balaban J connectivity index is 3.33. The third-order valence-electron chi connectivity index (χ3n) is 1.86. The maximum atomic E-state index is 11.0. The number of hydrogen-bond acceptors (Lipinski definition) is 4. The molecule has 0 N–H and O–H groups in total. The molecule has 0 saturated carbocycles. The van der Waals surface area contributed by atoms with E-state index in [0.29, 0.717) is 0 Å². The van der Waals surface area contributed by atoms with E-state index >= 15 is 0 Å². The van der Waals surface area contributed by atoms with E-state index in [1.807, 2.05) is 0 Å². The van der Waals surface area contributed by atoms with Gasteiger partial charge < -0.3 is 0 Å². The van der Waals surface area contributed by atoms with Gasteiger partial charge in [-0.25, -0.2) is 5.11 Å². The van der Waals surface area contributed by atoms with Gasteiger partial charge in [0.05, 0.1) is 9.85 Å². The number of nitrogens with zero attached hydrogens (tertiary/aromatic N) is 2. The predicted octanol–water partition coefficient (Wildman–Crippen LogP) is 1.99. The number of rotatable bonds is 3. The molecule has 0 spiro atoms. The second-order valence-corrected chi connectivity index (χ2v) is 2.90. The first-order valence-corrected chi connectivity index (χ1v) is 4.02. The molecule has 1 aromatic rings. The first-order chi connectivity index (χ1) is 6.93. The molecular formula is C8H7N2O5. The van der Waals surface area contributed by atoms with Gasteiger partial charge in [-0.15, -0.1) is 0 Å². The Bertz CT molecular complexity index is 415. The molecule has 0 aromatic heterocycles. The highest BCUT2D eigenvalue weighted by atomic mass is 16.6. The summed E-state index contributed by atoms with van der Waals surface area (Å²) in [7, 11) is 0. The summed E-state index contributed by atoms with van der Waals surface area (Å²) < 4.78 is 0. The van der Waals surface area contributed by atoms with Crippen LogP contribution in [-0.4, -0.2) is 9.85 Å². The van der Waals surface area contributed by atoms with E-state index in [-0.39, 0.29) is 5.56 Å². The summed E-state index contributed by atoms with van der Waals surface area (Å²) >= 11 is 0. The van der Waals surface area contributed by atoms with Gasteiger partial charge in [0.1, 0.15) is 6.10 Å². The van der Waals surface area contributed by atoms with Gasteiger partial charge in [-0.3, -0.25) is 20.2 Å². The number of nitro groups is 2. The zero-order valence-electron chi connectivity index (χ0n) is 7.75. The Labute approximate surface area is 84.3 Å². The van der Waals surface area contributed by atoms with E-state index in [9.17, 15) is 25.3 Å². The van der Waals surface area contributed by atoms with E-state index in [1.54, 1.807) is 0 Å². The third kappa shape index (κ3) is 2.26. The van der Waals surface area contributed by atoms with Crippen molar-refractivity contribution in [3.63, 3.8) is 0 Å². The fourth-order valence-electron chi connectivity index (χ4n) is 1.09. The smallest absolute Gasteiger partial charge is 0.258 e. The number of benzene rings is 1. The minimum absolute atomic E-state index is 0.160. The van der Waals surface area contributed by atoms with Crippen molar-refractivity contribution in [1.29, 1.82) is 0 Å². The fourth-order valence-corrected chi connectivity index (χ4v) is 1.09. The zero-order valence-corrected chi connectivity index (χ0v) is 7.75. The van der Waals surface area contributed by atoms with Crippen LogP contribution in [0.4, 0.5) is 11.4 Å². The van der Waals surface area contributed by atoms with Crippen molar-refractivity contribution in [2.24, 2.45) is 0 Å². The maximum absolute atomic E-state index is 11.0. The molecule has 0 aliphatic rings. The largest absolute Gasteiger partial charge is 0.346 e. The van der Waals surface area contributed by atoms with Gasteiger partial charge in [-0.2, -0.15) is 0 Å². The van der Waals surface area contributed by atoms with Crippen LogP contribution in [-0.2, 0) is 5.11 Å². The Morgan fingerprint density at radius 2 is 1.67 bits per heavy atom. The van der Waals surface area contributed by atoms with E-state index < -0.39 is 27.3 Å². The van der Waals surface area contributed by atoms with E-state index in [1.165, 1.54) is 13.0 Å². The van der Waals surface area contributed by atoms with Crippen molar-refractivity contribution >= 4 is 11.4 Å². The lowest BCUT2D eigenvalue weighted by Gasteiger charge is -2.01. The van der Waals surface area contributed by atoms with Crippen LogP contribution in [0.5, 0.6) is 0 Å². The molecular weight excluding hydrogens is 204 g/mol. The van der Waals surface area contributed by atoms with Gasteiger partial charge in [-0.05, 0) is 18.6 Å². The average molecular weight is 211 g/mol. The minimum atomic E-state index is -1.15. The van der Waals surface area contributed by atoms with Crippen LogP contribution < -0.4 is 0 Å². The van der Waals surface area contributed by atoms with Crippen LogP contribution in [0.3, 0.4) is 0 Å². The van der Waals surface area contributed by atoms with Gasteiger partial charge in [0, 0.05) is 12.1 Å². The molecule has 7 nitrogen and oxygen atoms in total. The third-order valence-corrected chi connectivity index (χ3v) is 1.86. The van der Waals surface area contributed by atoms with Crippen LogP contribution in [0.2, 0.25) is 0 Å². The molecule has 79 valence electrons. The second-order valence-electron chi connectivity index (χ2n) is 2.90. The second kappa shape index (κ2) is 4.01. The standard InChI is InChI=1S/C8H7N2O5/c1-5(11)6-2-3-7(9(12)13)8(4-6)10(14)15/h2-5H,1H3. The van der Waals surface area contributed by atoms with Crippen LogP contribution in [0.25, 0.3) is 0 Å². The maximum Gasteiger partial charge on any atom is 0.346 e. The van der Waals surface area contributed by atoms with Crippen LogP contribution in [0, 0.1) is 20.2 Å². The molecule has 0 aliphatic heterocycles. The van der Waals surface area contributed by atoms with Crippen molar-refractivity contribution in [3.8, 4) is 0 Å². The highest BCUT2D eigenvalue weighted by Gasteiger charge is 2.24. The summed E-state index contributed by atoms with van der Waals surface area (Å²) in [5, 5.41) is 31.9. The normalized spacial score (nSPS) is 12.1. The van der Waals surface area contributed by atoms with Crippen LogP contribution in [0.15, 0.2) is 18.2 Å². The van der Waals surface area contributed by atoms with Crippen molar-refractivity contribution in [2.75, 3.05) is 0 Å². The van der Waals surface area contributed by atoms with E-state index in [4.69, 9.17) is 0 Å². The monoisotopic (exact) mass is 211 g/mol. The van der Waals surface area contributed by atoms with Gasteiger partial charge in [-0.1, -0.05) is 0 Å². The van der Waals surface area contributed by atoms with Crippen molar-refractivity contribution in [1.82, 2.24) is 0 Å². The quantitative estimate of drug-likeness (QED) is 0.562. The topological polar surface area (TPSA) is 106 Å². The SMILES string of the molecule is CC([O])c1ccc([N+](=O)[O-])c([N+](=O)[O-])c1. The summed E-state index contributed by atoms with van der Waals surface area (Å²) in [5.41, 5.74) is -1.10. The highest BCUT2D eigenvalue weighted by molar-refractivity contribution is 5.54. The molecule has 0 heterocycles. The van der Waals surface area contributed by atoms with E-state index in [0.717, 1.165) is 12.1 Å². The molecule has 1 rings (SSSR count). The lowest BCUT2D eigenvalue weighted by molar-refractivity contribution is -0.422. The summed E-state index contributed by atoms with van der Waals surface area (Å²) in [6.45, 7) is 1.31. The summed E-state index contributed by atoms with van der Waals surface area (Å²) in [6.07, 6.45) is -1.15. The molecule has 0 saturated heterocycles. The summed E-state index contributed by atoms with van der Waals surface area (Å²) in [4.78, 5) is 19.2. The van der Waals surface area contributed by atoms with Crippen LogP contribution in [0.1, 0.15) is 18.6 Å². The van der Waals surface area contributed by atoms with Crippen molar-refractivity contribution < 1.29 is 15.0 Å².